The lowest BCUT2D eigenvalue weighted by Gasteiger charge is -2.26. The molecule has 2 heterocycles. The summed E-state index contributed by atoms with van der Waals surface area (Å²) in [5.41, 5.74) is 1.22. The van der Waals surface area contributed by atoms with Gasteiger partial charge in [-0.15, -0.1) is 0 Å². The van der Waals surface area contributed by atoms with E-state index in [1.807, 2.05) is 18.2 Å². The van der Waals surface area contributed by atoms with Crippen LogP contribution in [0.25, 0.3) is 0 Å². The van der Waals surface area contributed by atoms with Gasteiger partial charge in [-0.3, -0.25) is 0 Å². The zero-order valence-electron chi connectivity index (χ0n) is 9.17. The molecule has 0 spiro atoms. The molecule has 0 N–H and O–H groups in total. The Morgan fingerprint density at radius 3 is 2.88 bits per heavy atom. The van der Waals surface area contributed by atoms with Crippen molar-refractivity contribution in [1.82, 2.24) is 0 Å². The monoisotopic (exact) mass is 220 g/mol. The molecule has 0 radical (unpaired) electrons. The molecule has 0 amide bonds. The number of ether oxygens (including phenoxy) is 3. The first-order valence-electron chi connectivity index (χ1n) is 5.83. The molecule has 0 unspecified atom stereocenters. The first-order chi connectivity index (χ1) is 7.90. The van der Waals surface area contributed by atoms with Gasteiger partial charge in [0.1, 0.15) is 0 Å². The molecule has 1 aromatic carbocycles. The summed E-state index contributed by atoms with van der Waals surface area (Å²) < 4.78 is 16.9. The van der Waals surface area contributed by atoms with E-state index in [0.29, 0.717) is 6.61 Å². The van der Waals surface area contributed by atoms with Gasteiger partial charge < -0.3 is 14.2 Å². The maximum Gasteiger partial charge on any atom is 0.160 e. The molecule has 3 rings (SSSR count). The Morgan fingerprint density at radius 2 is 2.06 bits per heavy atom. The van der Waals surface area contributed by atoms with Crippen molar-refractivity contribution >= 4 is 0 Å². The number of rotatable bonds is 3. The summed E-state index contributed by atoms with van der Waals surface area (Å²) in [6, 6.07) is 10.3. The minimum Gasteiger partial charge on any atom is -0.373 e. The first-order valence-corrected chi connectivity index (χ1v) is 5.83. The fourth-order valence-corrected chi connectivity index (χ4v) is 2.28. The lowest BCUT2D eigenvalue weighted by Crippen LogP contribution is -2.31. The van der Waals surface area contributed by atoms with Crippen LogP contribution in [0, 0.1) is 0 Å². The summed E-state index contributed by atoms with van der Waals surface area (Å²) >= 11 is 0. The maximum atomic E-state index is 5.89. The van der Waals surface area contributed by atoms with Crippen molar-refractivity contribution in [3.8, 4) is 0 Å². The highest BCUT2D eigenvalue weighted by Crippen LogP contribution is 2.29. The summed E-state index contributed by atoms with van der Waals surface area (Å²) in [6.07, 6.45) is 2.33. The van der Waals surface area contributed by atoms with E-state index in [0.717, 1.165) is 19.4 Å². The Labute approximate surface area is 95.3 Å². The number of hydrogen-bond acceptors (Lipinski definition) is 3. The van der Waals surface area contributed by atoms with Gasteiger partial charge in [-0.2, -0.15) is 0 Å². The maximum absolute atomic E-state index is 5.89. The van der Waals surface area contributed by atoms with Crippen molar-refractivity contribution in [2.75, 3.05) is 6.61 Å². The van der Waals surface area contributed by atoms with E-state index < -0.39 is 0 Å². The molecule has 2 saturated heterocycles. The zero-order chi connectivity index (χ0) is 10.8. The highest BCUT2D eigenvalue weighted by atomic mass is 16.7. The minimum absolute atomic E-state index is 0.0282. The van der Waals surface area contributed by atoms with E-state index in [4.69, 9.17) is 14.2 Å². The van der Waals surface area contributed by atoms with Crippen molar-refractivity contribution < 1.29 is 14.2 Å². The first kappa shape index (κ1) is 10.3. The van der Waals surface area contributed by atoms with Crippen molar-refractivity contribution in [2.45, 2.75) is 37.9 Å². The van der Waals surface area contributed by atoms with Gasteiger partial charge in [-0.25, -0.2) is 0 Å². The van der Waals surface area contributed by atoms with E-state index in [1.54, 1.807) is 0 Å². The van der Waals surface area contributed by atoms with Gasteiger partial charge in [0.05, 0.1) is 25.4 Å². The topological polar surface area (TPSA) is 27.7 Å². The Balaban J connectivity index is 1.52. The highest BCUT2D eigenvalue weighted by molar-refractivity contribution is 5.13. The average Bonchev–Trinajstić information content (AvgIpc) is 2.67. The fourth-order valence-electron chi connectivity index (χ4n) is 2.28. The molecule has 86 valence electrons. The van der Waals surface area contributed by atoms with E-state index >= 15 is 0 Å². The largest absolute Gasteiger partial charge is 0.373 e. The third kappa shape index (κ3) is 2.26. The second kappa shape index (κ2) is 4.53. The highest BCUT2D eigenvalue weighted by Gasteiger charge is 2.36. The van der Waals surface area contributed by atoms with E-state index in [2.05, 4.69) is 12.1 Å². The molecule has 2 aliphatic heterocycles. The quantitative estimate of drug-likeness (QED) is 0.780. The SMILES string of the molecule is c1ccc(CO[C@@H]2C[C@H]3CO[C@@H](C2)O3)cc1. The number of hydrogen-bond donors (Lipinski definition) is 0. The Morgan fingerprint density at radius 1 is 1.19 bits per heavy atom. The van der Waals surface area contributed by atoms with E-state index in [1.165, 1.54) is 5.56 Å². The molecule has 0 aliphatic carbocycles. The second-order valence-corrected chi connectivity index (χ2v) is 4.41. The molecule has 2 fully saturated rings. The Hall–Kier alpha value is -0.900. The minimum atomic E-state index is -0.0282. The molecule has 2 aliphatic rings. The number of fused-ring (bicyclic) bond motifs is 2. The van der Waals surface area contributed by atoms with E-state index in [-0.39, 0.29) is 18.5 Å². The van der Waals surface area contributed by atoms with Gasteiger partial charge in [0.25, 0.3) is 0 Å². The predicted octanol–water partition coefficient (Wildman–Crippen LogP) is 2.11. The predicted molar refractivity (Wildman–Crippen MR) is 58.9 cm³/mol. The van der Waals surface area contributed by atoms with Gasteiger partial charge in [-0.05, 0) is 5.56 Å². The summed E-state index contributed by atoms with van der Waals surface area (Å²) in [7, 11) is 0. The van der Waals surface area contributed by atoms with Crippen molar-refractivity contribution in [3.05, 3.63) is 35.9 Å². The van der Waals surface area contributed by atoms with Crippen LogP contribution in [0.15, 0.2) is 30.3 Å². The summed E-state index contributed by atoms with van der Waals surface area (Å²) in [6.45, 7) is 1.42. The Kier molecular flexibility index (Phi) is 2.91. The second-order valence-electron chi connectivity index (χ2n) is 4.41. The Bertz CT molecular complexity index is 326. The van der Waals surface area contributed by atoms with Crippen LogP contribution in [-0.2, 0) is 20.8 Å². The van der Waals surface area contributed by atoms with Crippen molar-refractivity contribution in [3.63, 3.8) is 0 Å². The molecule has 3 atom stereocenters. The zero-order valence-corrected chi connectivity index (χ0v) is 9.17. The molecule has 2 bridgehead atoms. The van der Waals surface area contributed by atoms with Gasteiger partial charge in [0.2, 0.25) is 0 Å². The lowest BCUT2D eigenvalue weighted by molar-refractivity contribution is -0.133. The molecule has 0 saturated carbocycles. The van der Waals surface area contributed by atoms with Crippen LogP contribution in [0.3, 0.4) is 0 Å². The van der Waals surface area contributed by atoms with Crippen LogP contribution in [0.1, 0.15) is 18.4 Å². The van der Waals surface area contributed by atoms with Crippen LogP contribution in [-0.4, -0.2) is 25.1 Å². The standard InChI is InChI=1S/C13H16O3/c1-2-4-10(5-3-1)8-14-11-6-12-9-15-13(7-11)16-12/h1-5,11-13H,6-9H2/t11-,12+,13-/m1/s1. The third-order valence-electron chi connectivity index (χ3n) is 3.12. The molecule has 3 heteroatoms. The molecule has 16 heavy (non-hydrogen) atoms. The molecular formula is C13H16O3. The lowest BCUT2D eigenvalue weighted by atomic mass is 10.1. The smallest absolute Gasteiger partial charge is 0.160 e. The van der Waals surface area contributed by atoms with Crippen molar-refractivity contribution in [2.24, 2.45) is 0 Å². The van der Waals surface area contributed by atoms with Crippen LogP contribution in [0.5, 0.6) is 0 Å². The van der Waals surface area contributed by atoms with Gasteiger partial charge in [0, 0.05) is 12.8 Å². The van der Waals surface area contributed by atoms with Crippen LogP contribution < -0.4 is 0 Å². The van der Waals surface area contributed by atoms with Crippen LogP contribution >= 0.6 is 0 Å². The average molecular weight is 220 g/mol. The summed E-state index contributed by atoms with van der Waals surface area (Å²) in [5, 5.41) is 0. The summed E-state index contributed by atoms with van der Waals surface area (Å²) in [4.78, 5) is 0. The molecule has 0 aromatic heterocycles. The van der Waals surface area contributed by atoms with Gasteiger partial charge >= 0.3 is 0 Å². The van der Waals surface area contributed by atoms with Crippen LogP contribution in [0.4, 0.5) is 0 Å². The van der Waals surface area contributed by atoms with Crippen molar-refractivity contribution in [1.29, 1.82) is 0 Å². The third-order valence-corrected chi connectivity index (χ3v) is 3.12. The molecular weight excluding hydrogens is 204 g/mol. The number of benzene rings is 1. The van der Waals surface area contributed by atoms with Crippen LogP contribution in [0.2, 0.25) is 0 Å². The molecule has 3 nitrogen and oxygen atoms in total. The summed E-state index contributed by atoms with van der Waals surface area (Å²) in [5.74, 6) is 0. The normalized spacial score (nSPS) is 32.9. The van der Waals surface area contributed by atoms with Gasteiger partial charge in [0.15, 0.2) is 6.29 Å². The van der Waals surface area contributed by atoms with E-state index in [9.17, 15) is 0 Å². The van der Waals surface area contributed by atoms with Gasteiger partial charge in [-0.1, -0.05) is 30.3 Å². The fraction of sp³-hybridized carbons (Fsp3) is 0.538. The molecule has 1 aromatic rings.